The van der Waals surface area contributed by atoms with Crippen LogP contribution >= 0.6 is 11.3 Å². The molecule has 4 aromatic rings. The summed E-state index contributed by atoms with van der Waals surface area (Å²) in [7, 11) is 3.61. The van der Waals surface area contributed by atoms with Crippen LogP contribution in [0.25, 0.3) is 31.9 Å². The lowest BCUT2D eigenvalue weighted by Gasteiger charge is -2.03. The Kier molecular flexibility index (Phi) is 4.12. The van der Waals surface area contributed by atoms with Gasteiger partial charge in [0, 0.05) is 28.6 Å². The predicted molar refractivity (Wildman–Crippen MR) is 107 cm³/mol. The molecule has 0 aliphatic carbocycles. The van der Waals surface area contributed by atoms with Gasteiger partial charge in [0.2, 0.25) is 0 Å². The number of benzene rings is 2. The van der Waals surface area contributed by atoms with Crippen LogP contribution in [0, 0.1) is 0 Å². The molecule has 0 saturated heterocycles. The summed E-state index contributed by atoms with van der Waals surface area (Å²) in [6.07, 6.45) is 0. The van der Waals surface area contributed by atoms with E-state index in [1.807, 2.05) is 19.2 Å². The normalized spacial score (nSPS) is 10.8. The predicted octanol–water partition coefficient (Wildman–Crippen LogP) is 5.68. The Balaban J connectivity index is 1.73. The lowest BCUT2D eigenvalue weighted by Crippen LogP contribution is -1.87. The molecule has 4 heteroatoms. The van der Waals surface area contributed by atoms with Crippen LogP contribution in [-0.2, 0) is 0 Å². The van der Waals surface area contributed by atoms with Crippen LogP contribution in [0.3, 0.4) is 0 Å². The molecule has 0 fully saturated rings. The topological polar surface area (TPSA) is 34.1 Å². The Morgan fingerprint density at radius 1 is 0.920 bits per heavy atom. The van der Waals surface area contributed by atoms with Crippen molar-refractivity contribution in [2.75, 3.05) is 19.5 Å². The minimum Gasteiger partial charge on any atom is -0.497 e. The summed E-state index contributed by atoms with van der Waals surface area (Å²) >= 11 is 1.71. The molecule has 0 radical (unpaired) electrons. The third kappa shape index (κ3) is 3.08. The summed E-state index contributed by atoms with van der Waals surface area (Å²) in [6.45, 7) is 0. The van der Waals surface area contributed by atoms with E-state index < -0.39 is 0 Å². The van der Waals surface area contributed by atoms with E-state index in [1.54, 1.807) is 18.4 Å². The number of nitrogens with zero attached hydrogens (tertiary/aromatic N) is 1. The third-order valence-electron chi connectivity index (χ3n) is 4.21. The lowest BCUT2D eigenvalue weighted by molar-refractivity contribution is 0.415. The number of nitrogens with one attached hydrogen (secondary N) is 1. The van der Waals surface area contributed by atoms with Crippen molar-refractivity contribution >= 4 is 27.2 Å². The molecule has 2 aromatic heterocycles. The fourth-order valence-corrected chi connectivity index (χ4v) is 3.83. The zero-order chi connectivity index (χ0) is 17.2. The van der Waals surface area contributed by atoms with Crippen molar-refractivity contribution in [2.24, 2.45) is 0 Å². The number of pyridine rings is 1. The Labute approximate surface area is 150 Å². The number of thiophene rings is 1. The monoisotopic (exact) mass is 346 g/mol. The molecular formula is C21H18N2OS. The van der Waals surface area contributed by atoms with Crippen LogP contribution in [0.5, 0.6) is 5.75 Å². The maximum atomic E-state index is 5.33. The second-order valence-electron chi connectivity index (χ2n) is 5.76. The summed E-state index contributed by atoms with van der Waals surface area (Å²) in [4.78, 5) is 7.10. The molecule has 0 aliphatic heterocycles. The second kappa shape index (κ2) is 6.57. The number of anilines is 1. The van der Waals surface area contributed by atoms with Crippen LogP contribution < -0.4 is 10.1 Å². The van der Waals surface area contributed by atoms with Gasteiger partial charge in [-0.15, -0.1) is 11.3 Å². The van der Waals surface area contributed by atoms with E-state index in [1.165, 1.54) is 10.3 Å². The second-order valence-corrected chi connectivity index (χ2v) is 6.79. The SMILES string of the molecule is CNc1ccc(-c2ccc3cc(-c4cccc(OC)c4)sc3n2)cc1. The van der Waals surface area contributed by atoms with Gasteiger partial charge in [-0.1, -0.05) is 24.3 Å². The quantitative estimate of drug-likeness (QED) is 0.516. The van der Waals surface area contributed by atoms with Crippen LogP contribution in [0.4, 0.5) is 5.69 Å². The summed E-state index contributed by atoms with van der Waals surface area (Å²) in [6, 6.07) is 22.9. The first kappa shape index (κ1) is 15.7. The van der Waals surface area contributed by atoms with Crippen LogP contribution in [0.15, 0.2) is 66.7 Å². The van der Waals surface area contributed by atoms with Gasteiger partial charge in [-0.2, -0.15) is 0 Å². The standard InChI is InChI=1S/C21H18N2OS/c1-22-17-9-6-14(7-10-17)19-11-8-16-13-20(25-21(16)23-19)15-4-3-5-18(12-15)24-2/h3-13,22H,1-2H3. The highest BCUT2D eigenvalue weighted by molar-refractivity contribution is 7.21. The van der Waals surface area contributed by atoms with Gasteiger partial charge in [-0.05, 0) is 48.0 Å². The summed E-state index contributed by atoms with van der Waals surface area (Å²) < 4.78 is 5.33. The van der Waals surface area contributed by atoms with Gasteiger partial charge in [0.15, 0.2) is 0 Å². The number of aromatic nitrogens is 1. The van der Waals surface area contributed by atoms with Crippen molar-refractivity contribution < 1.29 is 4.74 Å². The maximum Gasteiger partial charge on any atom is 0.124 e. The van der Waals surface area contributed by atoms with E-state index >= 15 is 0 Å². The number of ether oxygens (including phenoxy) is 1. The molecule has 0 bridgehead atoms. The lowest BCUT2D eigenvalue weighted by atomic mass is 10.1. The zero-order valence-electron chi connectivity index (χ0n) is 14.1. The number of rotatable bonds is 4. The Hall–Kier alpha value is -2.85. The number of methoxy groups -OCH3 is 1. The molecule has 0 unspecified atom stereocenters. The molecule has 1 N–H and O–H groups in total. The van der Waals surface area contributed by atoms with Crippen LogP contribution in [0.1, 0.15) is 0 Å². The number of hydrogen-bond acceptors (Lipinski definition) is 4. The van der Waals surface area contributed by atoms with Crippen molar-refractivity contribution in [1.29, 1.82) is 0 Å². The Morgan fingerprint density at radius 2 is 1.76 bits per heavy atom. The molecule has 0 spiro atoms. The van der Waals surface area contributed by atoms with E-state index in [0.29, 0.717) is 0 Å². The van der Waals surface area contributed by atoms with Crippen molar-refractivity contribution in [2.45, 2.75) is 0 Å². The Morgan fingerprint density at radius 3 is 2.52 bits per heavy atom. The number of hydrogen-bond donors (Lipinski definition) is 1. The van der Waals surface area contributed by atoms with Crippen molar-refractivity contribution in [3.8, 4) is 27.4 Å². The zero-order valence-corrected chi connectivity index (χ0v) is 14.9. The molecular weight excluding hydrogens is 328 g/mol. The summed E-state index contributed by atoms with van der Waals surface area (Å²) in [5.41, 5.74) is 4.37. The van der Waals surface area contributed by atoms with Gasteiger partial charge in [0.1, 0.15) is 10.6 Å². The van der Waals surface area contributed by atoms with E-state index in [2.05, 4.69) is 59.9 Å². The average molecular weight is 346 g/mol. The highest BCUT2D eigenvalue weighted by Gasteiger charge is 2.08. The summed E-state index contributed by atoms with van der Waals surface area (Å²) in [5.74, 6) is 0.869. The smallest absolute Gasteiger partial charge is 0.124 e. The van der Waals surface area contributed by atoms with Crippen molar-refractivity contribution in [3.05, 3.63) is 66.7 Å². The van der Waals surface area contributed by atoms with Gasteiger partial charge in [0.25, 0.3) is 0 Å². The first-order valence-electron chi connectivity index (χ1n) is 8.10. The molecule has 3 nitrogen and oxygen atoms in total. The highest BCUT2D eigenvalue weighted by atomic mass is 32.1. The van der Waals surface area contributed by atoms with Crippen LogP contribution in [0.2, 0.25) is 0 Å². The fourth-order valence-electron chi connectivity index (χ4n) is 2.80. The van der Waals surface area contributed by atoms with Gasteiger partial charge in [-0.3, -0.25) is 0 Å². The molecule has 0 saturated carbocycles. The largest absolute Gasteiger partial charge is 0.497 e. The van der Waals surface area contributed by atoms with E-state index in [0.717, 1.165) is 33.1 Å². The fraction of sp³-hybridized carbons (Fsp3) is 0.0952. The molecule has 0 aliphatic rings. The van der Waals surface area contributed by atoms with Gasteiger partial charge < -0.3 is 10.1 Å². The highest BCUT2D eigenvalue weighted by Crippen LogP contribution is 2.35. The molecule has 0 atom stereocenters. The molecule has 25 heavy (non-hydrogen) atoms. The number of fused-ring (bicyclic) bond motifs is 1. The molecule has 4 rings (SSSR count). The van der Waals surface area contributed by atoms with E-state index in [-0.39, 0.29) is 0 Å². The Bertz CT molecular complexity index is 1020. The van der Waals surface area contributed by atoms with Gasteiger partial charge in [-0.25, -0.2) is 4.98 Å². The van der Waals surface area contributed by atoms with E-state index in [9.17, 15) is 0 Å². The summed E-state index contributed by atoms with van der Waals surface area (Å²) in [5, 5.41) is 4.30. The first-order chi connectivity index (χ1) is 12.3. The van der Waals surface area contributed by atoms with Crippen LogP contribution in [-0.4, -0.2) is 19.1 Å². The first-order valence-corrected chi connectivity index (χ1v) is 8.92. The minimum absolute atomic E-state index is 0.869. The van der Waals surface area contributed by atoms with Gasteiger partial charge >= 0.3 is 0 Å². The minimum atomic E-state index is 0.869. The maximum absolute atomic E-state index is 5.33. The van der Waals surface area contributed by atoms with Crippen molar-refractivity contribution in [3.63, 3.8) is 0 Å². The van der Waals surface area contributed by atoms with E-state index in [4.69, 9.17) is 9.72 Å². The molecule has 2 aromatic carbocycles. The van der Waals surface area contributed by atoms with Crippen molar-refractivity contribution in [1.82, 2.24) is 4.98 Å². The molecule has 2 heterocycles. The van der Waals surface area contributed by atoms with Gasteiger partial charge in [0.05, 0.1) is 12.8 Å². The average Bonchev–Trinajstić information content (AvgIpc) is 3.11. The third-order valence-corrected chi connectivity index (χ3v) is 5.30. The molecule has 0 amide bonds. The molecule has 124 valence electrons.